The number of amides is 1. The molecular formula is C11H11BrFNO3. The Labute approximate surface area is 106 Å². The first-order chi connectivity index (χ1) is 7.90. The number of nitrogens with one attached hydrogen (secondary N) is 1. The fourth-order valence-electron chi connectivity index (χ4n) is 1.37. The van der Waals surface area contributed by atoms with Gasteiger partial charge >= 0.3 is 5.97 Å². The van der Waals surface area contributed by atoms with Crippen LogP contribution < -0.4 is 5.32 Å². The maximum atomic E-state index is 13.4. The molecule has 92 valence electrons. The Bertz CT molecular complexity index is 450. The minimum atomic E-state index is -1.19. The van der Waals surface area contributed by atoms with Crippen molar-refractivity contribution in [3.05, 3.63) is 34.1 Å². The topological polar surface area (TPSA) is 66.4 Å². The molecular weight excluding hydrogens is 293 g/mol. The fourth-order valence-corrected chi connectivity index (χ4v) is 1.77. The molecule has 0 radical (unpaired) electrons. The molecule has 0 aliphatic carbocycles. The van der Waals surface area contributed by atoms with Crippen LogP contribution in [0.25, 0.3) is 0 Å². The number of carboxylic acid groups (broad SMARTS) is 1. The lowest BCUT2D eigenvalue weighted by Crippen LogP contribution is -2.41. The van der Waals surface area contributed by atoms with Gasteiger partial charge in [-0.05, 0) is 23.8 Å². The van der Waals surface area contributed by atoms with E-state index in [1.807, 2.05) is 0 Å². The van der Waals surface area contributed by atoms with E-state index >= 15 is 0 Å². The molecule has 1 unspecified atom stereocenters. The number of halogens is 2. The molecule has 2 N–H and O–H groups in total. The lowest BCUT2D eigenvalue weighted by atomic mass is 10.1. The van der Waals surface area contributed by atoms with Crippen molar-refractivity contribution >= 4 is 27.8 Å². The fraction of sp³-hybridized carbons (Fsp3) is 0.273. The number of carbonyl (C=O) groups excluding carboxylic acids is 1. The number of aliphatic carboxylic acids is 1. The highest BCUT2D eigenvalue weighted by molar-refractivity contribution is 9.10. The molecule has 1 aromatic carbocycles. The molecule has 0 fully saturated rings. The number of hydrogen-bond acceptors (Lipinski definition) is 2. The standard InChI is InChI=1S/C11H11BrFNO3/c1-6(15)14-10(11(16)17)5-7-4-8(12)2-3-9(7)13/h2-4,10H,5H2,1H3,(H,14,15)(H,16,17). The van der Waals surface area contributed by atoms with Crippen LogP contribution in [-0.4, -0.2) is 23.0 Å². The van der Waals surface area contributed by atoms with Crippen LogP contribution in [0, 0.1) is 5.82 Å². The summed E-state index contributed by atoms with van der Waals surface area (Å²) in [6, 6.07) is 3.13. The highest BCUT2D eigenvalue weighted by Gasteiger charge is 2.20. The van der Waals surface area contributed by atoms with Crippen LogP contribution in [0.4, 0.5) is 4.39 Å². The predicted molar refractivity (Wildman–Crippen MR) is 63.0 cm³/mol. The molecule has 0 saturated carbocycles. The van der Waals surface area contributed by atoms with E-state index < -0.39 is 23.7 Å². The average molecular weight is 304 g/mol. The SMILES string of the molecule is CC(=O)NC(Cc1cc(Br)ccc1F)C(=O)O. The zero-order chi connectivity index (χ0) is 13.0. The maximum Gasteiger partial charge on any atom is 0.326 e. The van der Waals surface area contributed by atoms with E-state index in [0.29, 0.717) is 4.47 Å². The van der Waals surface area contributed by atoms with Crippen LogP contribution in [-0.2, 0) is 16.0 Å². The van der Waals surface area contributed by atoms with Crippen LogP contribution in [0.5, 0.6) is 0 Å². The third-order valence-corrected chi connectivity index (χ3v) is 2.60. The van der Waals surface area contributed by atoms with Crippen molar-refractivity contribution in [2.45, 2.75) is 19.4 Å². The van der Waals surface area contributed by atoms with Gasteiger partial charge < -0.3 is 10.4 Å². The van der Waals surface area contributed by atoms with Crippen LogP contribution in [0.3, 0.4) is 0 Å². The third-order valence-electron chi connectivity index (χ3n) is 2.11. The molecule has 0 aromatic heterocycles. The average Bonchev–Trinajstić information content (AvgIpc) is 2.21. The Morgan fingerprint density at radius 2 is 2.18 bits per heavy atom. The first-order valence-corrected chi connectivity index (χ1v) is 5.63. The van der Waals surface area contributed by atoms with Gasteiger partial charge in [0.15, 0.2) is 0 Å². The summed E-state index contributed by atoms with van der Waals surface area (Å²) < 4.78 is 14.1. The first kappa shape index (κ1) is 13.6. The van der Waals surface area contributed by atoms with E-state index in [2.05, 4.69) is 21.2 Å². The summed E-state index contributed by atoms with van der Waals surface area (Å²) in [6.45, 7) is 1.22. The third kappa shape index (κ3) is 4.14. The predicted octanol–water partition coefficient (Wildman–Crippen LogP) is 1.72. The lowest BCUT2D eigenvalue weighted by molar-refractivity contribution is -0.141. The van der Waals surface area contributed by atoms with Crippen LogP contribution in [0.2, 0.25) is 0 Å². The van der Waals surface area contributed by atoms with Crippen molar-refractivity contribution in [2.24, 2.45) is 0 Å². The summed E-state index contributed by atoms with van der Waals surface area (Å²) in [5.74, 6) is -2.16. The largest absolute Gasteiger partial charge is 0.480 e. The second-order valence-electron chi connectivity index (χ2n) is 3.53. The molecule has 6 heteroatoms. The Morgan fingerprint density at radius 3 is 2.71 bits per heavy atom. The van der Waals surface area contributed by atoms with E-state index in [0.717, 1.165) is 0 Å². The van der Waals surface area contributed by atoms with Crippen molar-refractivity contribution in [1.29, 1.82) is 0 Å². The van der Waals surface area contributed by atoms with Crippen molar-refractivity contribution in [1.82, 2.24) is 5.32 Å². The van der Waals surface area contributed by atoms with Gasteiger partial charge in [-0.2, -0.15) is 0 Å². The Morgan fingerprint density at radius 1 is 1.53 bits per heavy atom. The molecule has 1 amide bonds. The summed E-state index contributed by atoms with van der Waals surface area (Å²) >= 11 is 3.17. The molecule has 0 saturated heterocycles. The van der Waals surface area contributed by atoms with Crippen molar-refractivity contribution in [2.75, 3.05) is 0 Å². The zero-order valence-electron chi connectivity index (χ0n) is 9.04. The molecule has 1 atom stereocenters. The van der Waals surface area contributed by atoms with Gasteiger partial charge in [0, 0.05) is 17.8 Å². The Balaban J connectivity index is 2.89. The van der Waals surface area contributed by atoms with Gasteiger partial charge in [0.1, 0.15) is 11.9 Å². The van der Waals surface area contributed by atoms with Crippen molar-refractivity contribution < 1.29 is 19.1 Å². The van der Waals surface area contributed by atoms with Gasteiger partial charge in [-0.1, -0.05) is 15.9 Å². The number of carbonyl (C=O) groups is 2. The summed E-state index contributed by atoms with van der Waals surface area (Å²) in [5.41, 5.74) is 0.237. The van der Waals surface area contributed by atoms with E-state index in [9.17, 15) is 14.0 Å². The van der Waals surface area contributed by atoms with Gasteiger partial charge in [0.2, 0.25) is 5.91 Å². The molecule has 0 aliphatic heterocycles. The summed E-state index contributed by atoms with van der Waals surface area (Å²) in [7, 11) is 0. The number of benzene rings is 1. The zero-order valence-corrected chi connectivity index (χ0v) is 10.6. The maximum absolute atomic E-state index is 13.4. The van der Waals surface area contributed by atoms with Crippen molar-refractivity contribution in [3.63, 3.8) is 0 Å². The normalized spacial score (nSPS) is 11.9. The highest BCUT2D eigenvalue weighted by Crippen LogP contribution is 2.17. The molecule has 17 heavy (non-hydrogen) atoms. The molecule has 4 nitrogen and oxygen atoms in total. The number of rotatable bonds is 4. The van der Waals surface area contributed by atoms with Crippen LogP contribution in [0.1, 0.15) is 12.5 Å². The minimum absolute atomic E-state index is 0.0970. The van der Waals surface area contributed by atoms with E-state index in [-0.39, 0.29) is 12.0 Å². The highest BCUT2D eigenvalue weighted by atomic mass is 79.9. The smallest absolute Gasteiger partial charge is 0.326 e. The Kier molecular flexibility index (Phi) is 4.62. The monoisotopic (exact) mass is 303 g/mol. The summed E-state index contributed by atoms with van der Waals surface area (Å²) in [6.07, 6.45) is -0.0970. The van der Waals surface area contributed by atoms with E-state index in [1.54, 1.807) is 0 Å². The number of carboxylic acids is 1. The van der Waals surface area contributed by atoms with Gasteiger partial charge in [0.25, 0.3) is 0 Å². The molecule has 0 heterocycles. The molecule has 0 bridgehead atoms. The van der Waals surface area contributed by atoms with Gasteiger partial charge in [0.05, 0.1) is 0 Å². The van der Waals surface area contributed by atoms with E-state index in [1.165, 1.54) is 25.1 Å². The van der Waals surface area contributed by atoms with Crippen LogP contribution >= 0.6 is 15.9 Å². The van der Waals surface area contributed by atoms with Gasteiger partial charge in [-0.15, -0.1) is 0 Å². The van der Waals surface area contributed by atoms with Gasteiger partial charge in [-0.25, -0.2) is 9.18 Å². The first-order valence-electron chi connectivity index (χ1n) is 4.84. The summed E-state index contributed by atoms with van der Waals surface area (Å²) in [5, 5.41) is 11.1. The molecule has 0 spiro atoms. The quantitative estimate of drug-likeness (QED) is 0.890. The minimum Gasteiger partial charge on any atom is -0.480 e. The van der Waals surface area contributed by atoms with Crippen LogP contribution in [0.15, 0.2) is 22.7 Å². The summed E-state index contributed by atoms with van der Waals surface area (Å²) in [4.78, 5) is 21.7. The molecule has 1 rings (SSSR count). The van der Waals surface area contributed by atoms with Gasteiger partial charge in [-0.3, -0.25) is 4.79 Å². The molecule has 0 aliphatic rings. The van der Waals surface area contributed by atoms with E-state index in [4.69, 9.17) is 5.11 Å². The van der Waals surface area contributed by atoms with Crippen molar-refractivity contribution in [3.8, 4) is 0 Å². The second kappa shape index (κ2) is 5.77. The second-order valence-corrected chi connectivity index (χ2v) is 4.45. The Hall–Kier alpha value is -1.43. The lowest BCUT2D eigenvalue weighted by Gasteiger charge is -2.13. The number of hydrogen-bond donors (Lipinski definition) is 2. The molecule has 1 aromatic rings.